The number of ether oxygens (including phenoxy) is 1. The average Bonchev–Trinajstić information content (AvgIpc) is 2.89. The third-order valence-corrected chi connectivity index (χ3v) is 7.29. The summed E-state index contributed by atoms with van der Waals surface area (Å²) in [5.74, 6) is 2.14. The standard InChI is InChI=1S/C20H30O4/c1-13(19(23)24-2)14-3-5-15(6-4-14)16-9-11-20(12-10-16)17(21)7-8-18(20)22/h13-16H,3-12H2,1-2H3. The molecule has 1 unspecified atom stereocenters. The molecule has 4 heteroatoms. The van der Waals surface area contributed by atoms with E-state index in [0.717, 1.165) is 38.5 Å². The molecule has 0 aromatic heterocycles. The summed E-state index contributed by atoms with van der Waals surface area (Å²) in [7, 11) is 1.47. The molecule has 0 aromatic rings. The number of carbonyl (C=O) groups excluding carboxylic acids is 3. The number of carbonyl (C=O) groups is 3. The predicted molar refractivity (Wildman–Crippen MR) is 90.3 cm³/mol. The number of rotatable bonds is 3. The minimum absolute atomic E-state index is 0.000642. The zero-order chi connectivity index (χ0) is 17.3. The molecular weight excluding hydrogens is 304 g/mol. The lowest BCUT2D eigenvalue weighted by molar-refractivity contribution is -0.147. The molecule has 0 bridgehead atoms. The molecule has 0 aromatic carbocycles. The molecular formula is C20H30O4. The van der Waals surface area contributed by atoms with Crippen molar-refractivity contribution in [2.75, 3.05) is 7.11 Å². The van der Waals surface area contributed by atoms with Crippen LogP contribution in [0.4, 0.5) is 0 Å². The number of esters is 1. The summed E-state index contributed by atoms with van der Waals surface area (Å²) < 4.78 is 4.88. The van der Waals surface area contributed by atoms with Gasteiger partial charge in [0.05, 0.1) is 18.4 Å². The predicted octanol–water partition coefficient (Wildman–Crippen LogP) is 3.71. The summed E-state index contributed by atoms with van der Waals surface area (Å²) >= 11 is 0. The van der Waals surface area contributed by atoms with E-state index < -0.39 is 5.41 Å². The first kappa shape index (κ1) is 17.6. The number of methoxy groups -OCH3 is 1. The Bertz CT molecular complexity index is 490. The Balaban J connectivity index is 1.51. The fraction of sp³-hybridized carbons (Fsp3) is 0.850. The number of Topliss-reactive ketones (excluding diaryl/α,β-unsaturated/α-hetero) is 2. The van der Waals surface area contributed by atoms with E-state index in [9.17, 15) is 14.4 Å². The van der Waals surface area contributed by atoms with Crippen molar-refractivity contribution in [3.8, 4) is 0 Å². The molecule has 3 rings (SSSR count). The van der Waals surface area contributed by atoms with Gasteiger partial charge in [-0.3, -0.25) is 14.4 Å². The molecule has 0 radical (unpaired) electrons. The Hall–Kier alpha value is -1.19. The maximum Gasteiger partial charge on any atom is 0.308 e. The van der Waals surface area contributed by atoms with Crippen molar-refractivity contribution >= 4 is 17.5 Å². The van der Waals surface area contributed by atoms with E-state index in [4.69, 9.17) is 4.74 Å². The third kappa shape index (κ3) is 3.04. The highest BCUT2D eigenvalue weighted by Crippen LogP contribution is 2.50. The topological polar surface area (TPSA) is 60.4 Å². The molecule has 3 aliphatic carbocycles. The first-order valence-corrected chi connectivity index (χ1v) is 9.62. The van der Waals surface area contributed by atoms with E-state index in [1.807, 2.05) is 6.92 Å². The van der Waals surface area contributed by atoms with Gasteiger partial charge in [0.2, 0.25) is 0 Å². The fourth-order valence-corrected chi connectivity index (χ4v) is 5.52. The lowest BCUT2D eigenvalue weighted by atomic mass is 9.62. The first-order chi connectivity index (χ1) is 11.5. The highest BCUT2D eigenvalue weighted by atomic mass is 16.5. The van der Waals surface area contributed by atoms with Crippen molar-refractivity contribution in [3.05, 3.63) is 0 Å². The Morgan fingerprint density at radius 2 is 1.46 bits per heavy atom. The van der Waals surface area contributed by atoms with Gasteiger partial charge in [-0.1, -0.05) is 6.92 Å². The average molecular weight is 334 g/mol. The molecule has 0 saturated heterocycles. The minimum atomic E-state index is -0.590. The van der Waals surface area contributed by atoms with Gasteiger partial charge in [0.15, 0.2) is 0 Å². The molecule has 0 aliphatic heterocycles. The Labute approximate surface area is 144 Å². The maximum atomic E-state index is 12.2. The van der Waals surface area contributed by atoms with Crippen LogP contribution in [0.25, 0.3) is 0 Å². The summed E-state index contributed by atoms with van der Waals surface area (Å²) in [5, 5.41) is 0. The Morgan fingerprint density at radius 3 is 1.96 bits per heavy atom. The highest BCUT2D eigenvalue weighted by Gasteiger charge is 2.51. The van der Waals surface area contributed by atoms with Crippen LogP contribution in [0.5, 0.6) is 0 Å². The third-order valence-electron chi connectivity index (χ3n) is 7.29. The van der Waals surface area contributed by atoms with E-state index in [-0.39, 0.29) is 23.5 Å². The molecule has 24 heavy (non-hydrogen) atoms. The van der Waals surface area contributed by atoms with Crippen LogP contribution in [0.1, 0.15) is 71.1 Å². The van der Waals surface area contributed by atoms with Gasteiger partial charge in [-0.15, -0.1) is 0 Å². The van der Waals surface area contributed by atoms with Gasteiger partial charge < -0.3 is 4.74 Å². The normalized spacial score (nSPS) is 32.1. The van der Waals surface area contributed by atoms with Crippen LogP contribution in [-0.2, 0) is 19.1 Å². The van der Waals surface area contributed by atoms with Crippen LogP contribution in [0.15, 0.2) is 0 Å². The van der Waals surface area contributed by atoms with Crippen molar-refractivity contribution in [2.45, 2.75) is 71.1 Å². The molecule has 0 amide bonds. The monoisotopic (exact) mass is 334 g/mol. The molecule has 3 saturated carbocycles. The highest BCUT2D eigenvalue weighted by molar-refractivity contribution is 6.12. The van der Waals surface area contributed by atoms with Crippen molar-refractivity contribution in [1.82, 2.24) is 0 Å². The smallest absolute Gasteiger partial charge is 0.308 e. The van der Waals surface area contributed by atoms with Gasteiger partial charge in [-0.2, -0.15) is 0 Å². The van der Waals surface area contributed by atoms with Crippen molar-refractivity contribution in [2.24, 2.45) is 29.1 Å². The molecule has 134 valence electrons. The lowest BCUT2D eigenvalue weighted by Gasteiger charge is -2.41. The van der Waals surface area contributed by atoms with Crippen molar-refractivity contribution in [1.29, 1.82) is 0 Å². The van der Waals surface area contributed by atoms with Crippen LogP contribution in [-0.4, -0.2) is 24.6 Å². The van der Waals surface area contributed by atoms with E-state index in [1.54, 1.807) is 0 Å². The summed E-state index contributed by atoms with van der Waals surface area (Å²) in [6.45, 7) is 1.98. The summed E-state index contributed by atoms with van der Waals surface area (Å²) in [5.41, 5.74) is -0.590. The zero-order valence-electron chi connectivity index (χ0n) is 15.0. The summed E-state index contributed by atoms with van der Waals surface area (Å²) in [6, 6.07) is 0. The molecule has 1 atom stereocenters. The van der Waals surface area contributed by atoms with E-state index in [1.165, 1.54) is 20.0 Å². The van der Waals surface area contributed by atoms with Gasteiger partial charge in [0, 0.05) is 12.8 Å². The van der Waals surface area contributed by atoms with Gasteiger partial charge in [0.1, 0.15) is 11.6 Å². The van der Waals surface area contributed by atoms with Gasteiger partial charge >= 0.3 is 5.97 Å². The van der Waals surface area contributed by atoms with E-state index in [0.29, 0.717) is 30.6 Å². The quantitative estimate of drug-likeness (QED) is 0.583. The second-order valence-electron chi connectivity index (χ2n) is 8.25. The maximum absolute atomic E-state index is 12.2. The van der Waals surface area contributed by atoms with Crippen molar-refractivity contribution < 1.29 is 19.1 Å². The molecule has 1 spiro atoms. The zero-order valence-corrected chi connectivity index (χ0v) is 15.0. The fourth-order valence-electron chi connectivity index (χ4n) is 5.52. The molecule has 3 aliphatic rings. The number of hydrogen-bond acceptors (Lipinski definition) is 4. The minimum Gasteiger partial charge on any atom is -0.469 e. The molecule has 0 N–H and O–H groups in total. The van der Waals surface area contributed by atoms with E-state index >= 15 is 0 Å². The SMILES string of the molecule is COC(=O)C(C)C1CCC(C2CCC3(CC2)C(=O)CCC3=O)CC1. The second kappa shape index (κ2) is 6.97. The lowest BCUT2D eigenvalue weighted by Crippen LogP contribution is -2.39. The van der Waals surface area contributed by atoms with Gasteiger partial charge in [-0.25, -0.2) is 0 Å². The van der Waals surface area contributed by atoms with Gasteiger partial charge in [-0.05, 0) is 69.1 Å². The second-order valence-corrected chi connectivity index (χ2v) is 8.25. The first-order valence-electron chi connectivity index (χ1n) is 9.62. The van der Waals surface area contributed by atoms with Crippen LogP contribution in [0.3, 0.4) is 0 Å². The Kier molecular flexibility index (Phi) is 5.12. The summed E-state index contributed by atoms with van der Waals surface area (Å²) in [6.07, 6.45) is 9.11. The van der Waals surface area contributed by atoms with E-state index in [2.05, 4.69) is 0 Å². The number of ketones is 2. The summed E-state index contributed by atoms with van der Waals surface area (Å²) in [4.78, 5) is 36.1. The number of hydrogen-bond donors (Lipinski definition) is 0. The Morgan fingerprint density at radius 1 is 0.958 bits per heavy atom. The largest absolute Gasteiger partial charge is 0.469 e. The van der Waals surface area contributed by atoms with Crippen LogP contribution in [0.2, 0.25) is 0 Å². The van der Waals surface area contributed by atoms with Crippen LogP contribution < -0.4 is 0 Å². The molecule has 0 heterocycles. The molecule has 3 fully saturated rings. The van der Waals surface area contributed by atoms with Crippen LogP contribution >= 0.6 is 0 Å². The van der Waals surface area contributed by atoms with Gasteiger partial charge in [0.25, 0.3) is 0 Å². The molecule has 4 nitrogen and oxygen atoms in total. The van der Waals surface area contributed by atoms with Crippen molar-refractivity contribution in [3.63, 3.8) is 0 Å². The van der Waals surface area contributed by atoms with Crippen LogP contribution in [0, 0.1) is 29.1 Å².